The SMILES string of the molecule is CCCCOC(=O)c1ccc(NC(=O)COC(=O)CCCC(=O)Nc2ccc(Br)cc2)cc1. The van der Waals surface area contributed by atoms with Crippen molar-refractivity contribution in [2.24, 2.45) is 0 Å². The van der Waals surface area contributed by atoms with E-state index in [0.29, 0.717) is 30.0 Å². The Morgan fingerprint density at radius 1 is 0.788 bits per heavy atom. The Morgan fingerprint density at radius 3 is 2.03 bits per heavy atom. The summed E-state index contributed by atoms with van der Waals surface area (Å²) in [5.41, 5.74) is 1.52. The molecule has 0 aliphatic heterocycles. The van der Waals surface area contributed by atoms with Crippen molar-refractivity contribution in [3.8, 4) is 0 Å². The summed E-state index contributed by atoms with van der Waals surface area (Å²) in [5.74, 6) is -1.69. The molecule has 0 aliphatic rings. The van der Waals surface area contributed by atoms with Crippen LogP contribution in [0, 0.1) is 0 Å². The van der Waals surface area contributed by atoms with Crippen LogP contribution in [0.1, 0.15) is 49.4 Å². The van der Waals surface area contributed by atoms with Crippen LogP contribution in [0.15, 0.2) is 53.0 Å². The average molecular weight is 519 g/mol. The Balaban J connectivity index is 1.63. The van der Waals surface area contributed by atoms with Crippen LogP contribution in [-0.4, -0.2) is 37.0 Å². The number of rotatable bonds is 12. The van der Waals surface area contributed by atoms with Gasteiger partial charge in [-0.1, -0.05) is 29.3 Å². The molecule has 0 unspecified atom stereocenters. The number of anilines is 2. The van der Waals surface area contributed by atoms with Crippen LogP contribution >= 0.6 is 15.9 Å². The Hall–Kier alpha value is -3.20. The van der Waals surface area contributed by atoms with Crippen molar-refractivity contribution in [1.29, 1.82) is 0 Å². The van der Waals surface area contributed by atoms with Crippen molar-refractivity contribution in [3.05, 3.63) is 58.6 Å². The third kappa shape index (κ3) is 10.3. The minimum absolute atomic E-state index is 0.0237. The van der Waals surface area contributed by atoms with Gasteiger partial charge in [0.25, 0.3) is 5.91 Å². The summed E-state index contributed by atoms with van der Waals surface area (Å²) in [5, 5.41) is 5.32. The normalized spacial score (nSPS) is 10.2. The predicted molar refractivity (Wildman–Crippen MR) is 128 cm³/mol. The summed E-state index contributed by atoms with van der Waals surface area (Å²) >= 11 is 3.32. The lowest BCUT2D eigenvalue weighted by molar-refractivity contribution is -0.147. The fourth-order valence-corrected chi connectivity index (χ4v) is 2.91. The van der Waals surface area contributed by atoms with Crippen LogP contribution in [0.3, 0.4) is 0 Å². The molecule has 2 N–H and O–H groups in total. The van der Waals surface area contributed by atoms with Crippen molar-refractivity contribution in [2.75, 3.05) is 23.8 Å². The second-order valence-corrected chi connectivity index (χ2v) is 8.10. The molecule has 2 aromatic carbocycles. The molecule has 33 heavy (non-hydrogen) atoms. The first-order valence-corrected chi connectivity index (χ1v) is 11.4. The van der Waals surface area contributed by atoms with Gasteiger partial charge in [-0.05, 0) is 61.4 Å². The minimum atomic E-state index is -0.563. The highest BCUT2D eigenvalue weighted by Gasteiger charge is 2.11. The highest BCUT2D eigenvalue weighted by atomic mass is 79.9. The number of unbranched alkanes of at least 4 members (excludes halogenated alkanes) is 1. The second-order valence-electron chi connectivity index (χ2n) is 7.18. The van der Waals surface area contributed by atoms with Crippen molar-refractivity contribution < 1.29 is 28.7 Å². The van der Waals surface area contributed by atoms with Crippen LogP contribution in [0.4, 0.5) is 11.4 Å². The van der Waals surface area contributed by atoms with Gasteiger partial charge in [-0.25, -0.2) is 4.79 Å². The number of carbonyl (C=O) groups is 4. The topological polar surface area (TPSA) is 111 Å². The third-order valence-corrected chi connectivity index (χ3v) is 4.94. The molecule has 8 nitrogen and oxygen atoms in total. The number of carbonyl (C=O) groups excluding carboxylic acids is 4. The number of halogens is 1. The van der Waals surface area contributed by atoms with E-state index in [1.807, 2.05) is 19.1 Å². The summed E-state index contributed by atoms with van der Waals surface area (Å²) in [6.45, 7) is 1.94. The van der Waals surface area contributed by atoms with Gasteiger partial charge >= 0.3 is 11.9 Å². The molecule has 0 fully saturated rings. The quantitative estimate of drug-likeness (QED) is 0.311. The van der Waals surface area contributed by atoms with Gasteiger partial charge in [0.2, 0.25) is 5.91 Å². The van der Waals surface area contributed by atoms with Gasteiger partial charge in [0.1, 0.15) is 0 Å². The molecule has 9 heteroatoms. The molecule has 0 saturated heterocycles. The van der Waals surface area contributed by atoms with Gasteiger partial charge in [0.05, 0.1) is 12.2 Å². The Morgan fingerprint density at radius 2 is 1.39 bits per heavy atom. The zero-order chi connectivity index (χ0) is 24.1. The van der Waals surface area contributed by atoms with Crippen LogP contribution in [0.25, 0.3) is 0 Å². The van der Waals surface area contributed by atoms with E-state index in [9.17, 15) is 19.2 Å². The Bertz CT molecular complexity index is 944. The number of hydrogen-bond donors (Lipinski definition) is 2. The molecule has 176 valence electrons. The molecule has 0 spiro atoms. The summed E-state index contributed by atoms with van der Waals surface area (Å²) in [6, 6.07) is 13.4. The fraction of sp³-hybridized carbons (Fsp3) is 0.333. The molecule has 0 saturated carbocycles. The molecule has 0 bridgehead atoms. The van der Waals surface area contributed by atoms with Crippen LogP contribution in [0.5, 0.6) is 0 Å². The first-order chi connectivity index (χ1) is 15.9. The van der Waals surface area contributed by atoms with E-state index in [0.717, 1.165) is 17.3 Å². The maximum absolute atomic E-state index is 12.0. The monoisotopic (exact) mass is 518 g/mol. The first-order valence-electron chi connectivity index (χ1n) is 10.7. The number of ether oxygens (including phenoxy) is 2. The fourth-order valence-electron chi connectivity index (χ4n) is 2.65. The molecule has 0 aromatic heterocycles. The lowest BCUT2D eigenvalue weighted by atomic mass is 10.2. The molecule has 2 amide bonds. The van der Waals surface area contributed by atoms with E-state index in [2.05, 4.69) is 26.6 Å². The van der Waals surface area contributed by atoms with Gasteiger partial charge in [-0.15, -0.1) is 0 Å². The zero-order valence-corrected chi connectivity index (χ0v) is 20.0. The van der Waals surface area contributed by atoms with E-state index < -0.39 is 24.5 Å². The minimum Gasteiger partial charge on any atom is -0.462 e. The third-order valence-electron chi connectivity index (χ3n) is 4.41. The van der Waals surface area contributed by atoms with E-state index in [1.165, 1.54) is 0 Å². The van der Waals surface area contributed by atoms with Gasteiger partial charge in [-0.2, -0.15) is 0 Å². The van der Waals surface area contributed by atoms with Gasteiger partial charge in [0.15, 0.2) is 6.61 Å². The number of benzene rings is 2. The molecule has 2 rings (SSSR count). The van der Waals surface area contributed by atoms with Crippen LogP contribution in [-0.2, 0) is 23.9 Å². The number of amides is 2. The largest absolute Gasteiger partial charge is 0.462 e. The number of esters is 2. The molecular formula is C24H27BrN2O6. The summed E-state index contributed by atoms with van der Waals surface area (Å²) in [6.07, 6.45) is 2.22. The second kappa shape index (κ2) is 14.1. The Kier molecular flexibility index (Phi) is 11.1. The van der Waals surface area contributed by atoms with Gasteiger partial charge in [-0.3, -0.25) is 14.4 Å². The molecule has 0 radical (unpaired) electrons. The lowest BCUT2D eigenvalue weighted by Crippen LogP contribution is -2.21. The number of hydrogen-bond acceptors (Lipinski definition) is 6. The summed E-state index contributed by atoms with van der Waals surface area (Å²) in [7, 11) is 0. The van der Waals surface area contributed by atoms with Crippen molar-refractivity contribution in [3.63, 3.8) is 0 Å². The first kappa shape index (κ1) is 26.1. The molecule has 0 aliphatic carbocycles. The lowest BCUT2D eigenvalue weighted by Gasteiger charge is -2.08. The molecule has 0 heterocycles. The maximum Gasteiger partial charge on any atom is 0.338 e. The molecular weight excluding hydrogens is 492 g/mol. The highest BCUT2D eigenvalue weighted by molar-refractivity contribution is 9.10. The van der Waals surface area contributed by atoms with Gasteiger partial charge < -0.3 is 20.1 Å². The van der Waals surface area contributed by atoms with Crippen molar-refractivity contribution in [2.45, 2.75) is 39.0 Å². The predicted octanol–water partition coefficient (Wildman–Crippen LogP) is 4.70. The van der Waals surface area contributed by atoms with Crippen LogP contribution < -0.4 is 10.6 Å². The standard InChI is InChI=1S/C24H27BrN2O6/c1-2-3-15-32-24(31)17-7-11-19(12-8-17)27-22(29)16-33-23(30)6-4-5-21(28)26-20-13-9-18(25)10-14-20/h7-14H,2-6,15-16H2,1H3,(H,26,28)(H,27,29). The summed E-state index contributed by atoms with van der Waals surface area (Å²) < 4.78 is 11.0. The zero-order valence-electron chi connectivity index (χ0n) is 18.4. The van der Waals surface area contributed by atoms with Crippen molar-refractivity contribution >= 4 is 51.1 Å². The molecule has 0 atom stereocenters. The maximum atomic E-state index is 12.0. The van der Waals surface area contributed by atoms with Gasteiger partial charge in [0, 0.05) is 28.7 Å². The van der Waals surface area contributed by atoms with Crippen LogP contribution in [0.2, 0.25) is 0 Å². The smallest absolute Gasteiger partial charge is 0.338 e. The van der Waals surface area contributed by atoms with E-state index in [1.54, 1.807) is 36.4 Å². The summed E-state index contributed by atoms with van der Waals surface area (Å²) in [4.78, 5) is 47.6. The van der Waals surface area contributed by atoms with E-state index in [4.69, 9.17) is 9.47 Å². The highest BCUT2D eigenvalue weighted by Crippen LogP contribution is 2.15. The molecule has 2 aromatic rings. The number of nitrogens with one attached hydrogen (secondary N) is 2. The van der Waals surface area contributed by atoms with E-state index >= 15 is 0 Å². The average Bonchev–Trinajstić information content (AvgIpc) is 2.80. The van der Waals surface area contributed by atoms with E-state index in [-0.39, 0.29) is 18.7 Å². The van der Waals surface area contributed by atoms with Crippen molar-refractivity contribution in [1.82, 2.24) is 0 Å². The Labute approximate surface area is 201 Å².